The molecule has 0 radical (unpaired) electrons. The number of hydrogen-bond donors (Lipinski definition) is 1. The van der Waals surface area contributed by atoms with E-state index in [2.05, 4.69) is 21.2 Å². The summed E-state index contributed by atoms with van der Waals surface area (Å²) in [5.74, 6) is 0.611. The third-order valence-corrected chi connectivity index (χ3v) is 4.80. The first-order valence-electron chi connectivity index (χ1n) is 6.59. The molecule has 0 saturated carbocycles. The zero-order chi connectivity index (χ0) is 15.0. The van der Waals surface area contributed by atoms with Crippen molar-refractivity contribution >= 4 is 27.5 Å². The number of rotatable bonds is 2. The van der Waals surface area contributed by atoms with Crippen LogP contribution in [-0.4, -0.2) is 18.2 Å². The molecule has 0 atom stereocenters. The zero-order valence-corrected chi connectivity index (χ0v) is 13.8. The molecule has 6 heteroatoms. The van der Waals surface area contributed by atoms with Crippen LogP contribution in [0.1, 0.15) is 11.3 Å². The fourth-order valence-electron chi connectivity index (χ4n) is 2.60. The largest absolute Gasteiger partial charge is 0.495 e. The van der Waals surface area contributed by atoms with E-state index < -0.39 is 0 Å². The van der Waals surface area contributed by atoms with Crippen LogP contribution in [0.3, 0.4) is 0 Å². The second-order valence-corrected chi connectivity index (χ2v) is 6.11. The van der Waals surface area contributed by atoms with E-state index >= 15 is 0 Å². The lowest BCUT2D eigenvalue weighted by Gasteiger charge is -2.23. The Kier molecular flexibility index (Phi) is 4.06. The molecule has 0 saturated heterocycles. The van der Waals surface area contributed by atoms with Crippen molar-refractivity contribution in [1.82, 2.24) is 9.88 Å². The minimum Gasteiger partial charge on any atom is -0.495 e. The summed E-state index contributed by atoms with van der Waals surface area (Å²) in [5, 5.41) is 3.85. The summed E-state index contributed by atoms with van der Waals surface area (Å²) in [6.45, 7) is 1.62. The van der Waals surface area contributed by atoms with Crippen molar-refractivity contribution in [2.24, 2.45) is 0 Å². The Balaban J connectivity index is 2.30. The lowest BCUT2D eigenvalue weighted by atomic mass is 10.1. The molecule has 1 N–H and O–H groups in total. The second-order valence-electron chi connectivity index (χ2n) is 4.84. The van der Waals surface area contributed by atoms with E-state index in [-0.39, 0.29) is 5.56 Å². The van der Waals surface area contributed by atoms with Crippen molar-refractivity contribution in [3.63, 3.8) is 0 Å². The van der Waals surface area contributed by atoms with Crippen LogP contribution in [0.2, 0.25) is 5.02 Å². The van der Waals surface area contributed by atoms with E-state index in [4.69, 9.17) is 16.3 Å². The normalized spacial score (nSPS) is 13.9. The first-order chi connectivity index (χ1) is 10.1. The maximum atomic E-state index is 12.4. The Labute approximate surface area is 135 Å². The van der Waals surface area contributed by atoms with Gasteiger partial charge in [-0.3, -0.25) is 9.36 Å². The van der Waals surface area contributed by atoms with Gasteiger partial charge >= 0.3 is 0 Å². The van der Waals surface area contributed by atoms with Gasteiger partial charge in [-0.2, -0.15) is 0 Å². The molecular formula is C15H14BrClN2O2. The van der Waals surface area contributed by atoms with E-state index in [1.807, 2.05) is 6.07 Å². The SMILES string of the molecule is COc1cc(Br)c(Cl)cc1-n1c2c(ccc1=O)CNCC2. The maximum Gasteiger partial charge on any atom is 0.255 e. The Morgan fingerprint density at radius 1 is 1.38 bits per heavy atom. The lowest BCUT2D eigenvalue weighted by Crippen LogP contribution is -2.31. The van der Waals surface area contributed by atoms with Crippen molar-refractivity contribution in [3.05, 3.63) is 55.4 Å². The average Bonchev–Trinajstić information content (AvgIpc) is 2.50. The van der Waals surface area contributed by atoms with Gasteiger partial charge in [-0.25, -0.2) is 0 Å². The van der Waals surface area contributed by atoms with Gasteiger partial charge in [0.1, 0.15) is 5.75 Å². The number of ether oxygens (including phenoxy) is 1. The van der Waals surface area contributed by atoms with Gasteiger partial charge in [0.25, 0.3) is 5.56 Å². The number of nitrogens with zero attached hydrogens (tertiary/aromatic N) is 1. The van der Waals surface area contributed by atoms with Crippen LogP contribution in [0.25, 0.3) is 5.69 Å². The molecule has 2 aromatic rings. The van der Waals surface area contributed by atoms with Gasteiger partial charge in [0.2, 0.25) is 0 Å². The Morgan fingerprint density at radius 2 is 2.19 bits per heavy atom. The number of fused-ring (bicyclic) bond motifs is 1. The molecule has 1 aromatic heterocycles. The van der Waals surface area contributed by atoms with Crippen LogP contribution in [-0.2, 0) is 13.0 Å². The van der Waals surface area contributed by atoms with Crippen molar-refractivity contribution in [3.8, 4) is 11.4 Å². The van der Waals surface area contributed by atoms with Gasteiger partial charge in [0.05, 0.1) is 17.8 Å². The molecule has 110 valence electrons. The zero-order valence-electron chi connectivity index (χ0n) is 11.5. The van der Waals surface area contributed by atoms with Crippen LogP contribution >= 0.6 is 27.5 Å². The number of pyridine rings is 1. The van der Waals surface area contributed by atoms with Gasteiger partial charge in [0, 0.05) is 35.7 Å². The Hall–Kier alpha value is -1.30. The first-order valence-corrected chi connectivity index (χ1v) is 7.77. The number of hydrogen-bond acceptors (Lipinski definition) is 3. The summed E-state index contributed by atoms with van der Waals surface area (Å²) in [7, 11) is 1.58. The van der Waals surface area contributed by atoms with Crippen LogP contribution in [0.5, 0.6) is 5.75 Å². The molecule has 0 spiro atoms. The standard InChI is InChI=1S/C15H14BrClN2O2/c1-21-14-6-10(16)11(17)7-13(14)19-12-4-5-18-8-9(12)2-3-15(19)20/h2-3,6-7,18H,4-5,8H2,1H3. The molecule has 0 fully saturated rings. The van der Waals surface area contributed by atoms with Gasteiger partial charge in [-0.15, -0.1) is 0 Å². The smallest absolute Gasteiger partial charge is 0.255 e. The molecule has 0 aliphatic carbocycles. The number of nitrogens with one attached hydrogen (secondary N) is 1. The summed E-state index contributed by atoms with van der Waals surface area (Å²) in [5.41, 5.74) is 2.74. The van der Waals surface area contributed by atoms with E-state index in [0.29, 0.717) is 16.5 Å². The van der Waals surface area contributed by atoms with Gasteiger partial charge < -0.3 is 10.1 Å². The summed E-state index contributed by atoms with van der Waals surface area (Å²) in [6, 6.07) is 7.01. The van der Waals surface area contributed by atoms with Crippen molar-refractivity contribution < 1.29 is 4.74 Å². The molecule has 3 rings (SSSR count). The molecule has 2 heterocycles. The predicted molar refractivity (Wildman–Crippen MR) is 86.7 cm³/mol. The number of aromatic nitrogens is 1. The van der Waals surface area contributed by atoms with Gasteiger partial charge in [0.15, 0.2) is 0 Å². The number of benzene rings is 1. The summed E-state index contributed by atoms with van der Waals surface area (Å²) >= 11 is 9.58. The monoisotopic (exact) mass is 368 g/mol. The van der Waals surface area contributed by atoms with E-state index in [9.17, 15) is 4.79 Å². The third-order valence-electron chi connectivity index (χ3n) is 3.60. The predicted octanol–water partition coefficient (Wildman–Crippen LogP) is 2.91. The highest BCUT2D eigenvalue weighted by molar-refractivity contribution is 9.10. The number of halogens is 2. The fraction of sp³-hybridized carbons (Fsp3) is 0.267. The quantitative estimate of drug-likeness (QED) is 0.885. The van der Waals surface area contributed by atoms with Crippen LogP contribution < -0.4 is 15.6 Å². The molecule has 0 bridgehead atoms. The van der Waals surface area contributed by atoms with Crippen LogP contribution in [0.4, 0.5) is 0 Å². The van der Waals surface area contributed by atoms with Crippen LogP contribution in [0, 0.1) is 0 Å². The molecule has 21 heavy (non-hydrogen) atoms. The van der Waals surface area contributed by atoms with Gasteiger partial charge in [-0.1, -0.05) is 17.7 Å². The summed E-state index contributed by atoms with van der Waals surface area (Å²) in [4.78, 5) is 12.4. The second kappa shape index (κ2) is 5.83. The highest BCUT2D eigenvalue weighted by atomic mass is 79.9. The maximum absolute atomic E-state index is 12.4. The van der Waals surface area contributed by atoms with Crippen LogP contribution in [0.15, 0.2) is 33.5 Å². The van der Waals surface area contributed by atoms with Crippen molar-refractivity contribution in [2.45, 2.75) is 13.0 Å². The topological polar surface area (TPSA) is 43.3 Å². The van der Waals surface area contributed by atoms with E-state index in [0.717, 1.165) is 35.2 Å². The molecule has 0 unspecified atom stereocenters. The highest BCUT2D eigenvalue weighted by Crippen LogP contribution is 2.33. The third kappa shape index (κ3) is 2.61. The molecular weight excluding hydrogens is 356 g/mol. The Morgan fingerprint density at radius 3 is 2.95 bits per heavy atom. The molecule has 1 aliphatic rings. The summed E-state index contributed by atoms with van der Waals surface area (Å²) < 4.78 is 7.86. The van der Waals surface area contributed by atoms with E-state index in [1.54, 1.807) is 29.9 Å². The molecule has 4 nitrogen and oxygen atoms in total. The molecule has 1 aliphatic heterocycles. The highest BCUT2D eigenvalue weighted by Gasteiger charge is 2.18. The minimum atomic E-state index is -0.0765. The van der Waals surface area contributed by atoms with Crippen molar-refractivity contribution in [2.75, 3.05) is 13.7 Å². The summed E-state index contributed by atoms with van der Waals surface area (Å²) in [6.07, 6.45) is 0.794. The Bertz CT molecular complexity index is 758. The lowest BCUT2D eigenvalue weighted by molar-refractivity contribution is 0.411. The number of methoxy groups -OCH3 is 1. The molecule has 0 amide bonds. The molecule has 1 aromatic carbocycles. The van der Waals surface area contributed by atoms with Gasteiger partial charge in [-0.05, 0) is 33.6 Å². The minimum absolute atomic E-state index is 0.0765. The fourth-order valence-corrected chi connectivity index (χ4v) is 3.08. The van der Waals surface area contributed by atoms with Crippen molar-refractivity contribution in [1.29, 1.82) is 0 Å². The average molecular weight is 370 g/mol. The van der Waals surface area contributed by atoms with E-state index in [1.165, 1.54) is 0 Å². The first kappa shape index (κ1) is 14.6.